The van der Waals surface area contributed by atoms with Crippen LogP contribution in [-0.4, -0.2) is 28.3 Å². The maximum absolute atomic E-state index is 5.86. The Labute approximate surface area is 72.0 Å². The third kappa shape index (κ3) is 0.992. The normalized spacial score (nSPS) is 17.8. The van der Waals surface area contributed by atoms with Crippen molar-refractivity contribution in [1.82, 2.24) is 14.7 Å². The van der Waals surface area contributed by atoms with Crippen LogP contribution in [0.2, 0.25) is 0 Å². The van der Waals surface area contributed by atoms with Crippen molar-refractivity contribution >= 4 is 5.82 Å². The van der Waals surface area contributed by atoms with Gasteiger partial charge < -0.3 is 10.6 Å². The lowest BCUT2D eigenvalue weighted by Crippen LogP contribution is -2.26. The van der Waals surface area contributed by atoms with Crippen molar-refractivity contribution in [3.05, 3.63) is 11.3 Å². The molecule has 0 fully saturated rings. The Morgan fingerprint density at radius 2 is 2.17 bits per heavy atom. The molecule has 0 aromatic carbocycles. The molecular weight excluding hydrogens is 152 g/mol. The molecule has 1 aromatic heterocycles. The number of nitrogens with two attached hydrogens (primary N) is 1. The van der Waals surface area contributed by atoms with E-state index < -0.39 is 0 Å². The molecule has 0 radical (unpaired) electrons. The second kappa shape index (κ2) is 2.48. The Bertz CT molecular complexity index is 302. The van der Waals surface area contributed by atoms with Crippen LogP contribution in [0.5, 0.6) is 0 Å². The summed E-state index contributed by atoms with van der Waals surface area (Å²) in [5, 5.41) is 4.35. The van der Waals surface area contributed by atoms with Crippen LogP contribution >= 0.6 is 0 Å². The quantitative estimate of drug-likeness (QED) is 0.589. The number of fused-ring (bicyclic) bond motifs is 1. The second-order valence-electron chi connectivity index (χ2n) is 3.42. The number of aryl methyl sites for hydroxylation is 1. The summed E-state index contributed by atoms with van der Waals surface area (Å²) in [5.41, 5.74) is 8.25. The van der Waals surface area contributed by atoms with E-state index in [2.05, 4.69) is 17.0 Å². The molecule has 2 heterocycles. The highest BCUT2D eigenvalue weighted by atomic mass is 15.3. The fourth-order valence-electron chi connectivity index (χ4n) is 1.66. The molecule has 4 heteroatoms. The summed E-state index contributed by atoms with van der Waals surface area (Å²) in [6, 6.07) is 0. The van der Waals surface area contributed by atoms with E-state index >= 15 is 0 Å². The van der Waals surface area contributed by atoms with Gasteiger partial charge in [0.1, 0.15) is 5.82 Å². The van der Waals surface area contributed by atoms with E-state index in [9.17, 15) is 0 Å². The van der Waals surface area contributed by atoms with Crippen molar-refractivity contribution in [2.75, 3.05) is 19.3 Å². The van der Waals surface area contributed by atoms with Gasteiger partial charge in [-0.1, -0.05) is 0 Å². The van der Waals surface area contributed by atoms with Gasteiger partial charge in [0, 0.05) is 32.1 Å². The lowest BCUT2D eigenvalue weighted by Gasteiger charge is -2.21. The van der Waals surface area contributed by atoms with Gasteiger partial charge in [-0.05, 0) is 7.05 Å². The molecule has 1 aliphatic heterocycles. The largest absolute Gasteiger partial charge is 0.384 e. The van der Waals surface area contributed by atoms with E-state index in [0.29, 0.717) is 0 Å². The Morgan fingerprint density at radius 3 is 2.92 bits per heavy atom. The maximum atomic E-state index is 5.86. The molecule has 4 nitrogen and oxygen atoms in total. The van der Waals surface area contributed by atoms with Gasteiger partial charge in [0.2, 0.25) is 0 Å². The van der Waals surface area contributed by atoms with E-state index in [0.717, 1.165) is 25.3 Å². The lowest BCUT2D eigenvalue weighted by atomic mass is 10.1. The molecule has 0 spiro atoms. The van der Waals surface area contributed by atoms with Gasteiger partial charge in [-0.2, -0.15) is 5.10 Å². The van der Waals surface area contributed by atoms with E-state index in [1.807, 2.05) is 7.05 Å². The van der Waals surface area contributed by atoms with Crippen LogP contribution < -0.4 is 5.73 Å². The fraction of sp³-hybridized carbons (Fsp3) is 0.625. The molecule has 0 bridgehead atoms. The molecule has 0 aliphatic carbocycles. The molecule has 2 rings (SSSR count). The van der Waals surface area contributed by atoms with Crippen molar-refractivity contribution < 1.29 is 0 Å². The number of nitrogen functional groups attached to an aromatic ring is 1. The van der Waals surface area contributed by atoms with Gasteiger partial charge >= 0.3 is 0 Å². The number of rotatable bonds is 0. The van der Waals surface area contributed by atoms with Crippen molar-refractivity contribution in [3.63, 3.8) is 0 Å². The SMILES string of the molecule is CN1CCc2nn(C)c(N)c2C1. The van der Waals surface area contributed by atoms with Gasteiger partial charge in [0.25, 0.3) is 0 Å². The summed E-state index contributed by atoms with van der Waals surface area (Å²) < 4.78 is 1.77. The molecule has 1 aromatic rings. The number of aromatic nitrogens is 2. The molecule has 0 amide bonds. The molecule has 1 aliphatic rings. The highest BCUT2D eigenvalue weighted by molar-refractivity contribution is 5.44. The van der Waals surface area contributed by atoms with Gasteiger partial charge in [0.05, 0.1) is 5.69 Å². The fourth-order valence-corrected chi connectivity index (χ4v) is 1.66. The molecule has 66 valence electrons. The number of hydrogen-bond acceptors (Lipinski definition) is 3. The van der Waals surface area contributed by atoms with Crippen LogP contribution in [0.4, 0.5) is 5.82 Å². The first-order chi connectivity index (χ1) is 5.68. The number of nitrogens with zero attached hydrogens (tertiary/aromatic N) is 3. The summed E-state index contributed by atoms with van der Waals surface area (Å²) >= 11 is 0. The highest BCUT2D eigenvalue weighted by Crippen LogP contribution is 2.21. The molecular formula is C8H14N4. The predicted octanol–water partition coefficient (Wildman–Crippen LogP) is -0.00980. The molecule has 0 unspecified atom stereocenters. The Morgan fingerprint density at radius 1 is 1.42 bits per heavy atom. The van der Waals surface area contributed by atoms with Crippen LogP contribution in [0, 0.1) is 0 Å². The highest BCUT2D eigenvalue weighted by Gasteiger charge is 2.19. The first-order valence-corrected chi connectivity index (χ1v) is 4.17. The summed E-state index contributed by atoms with van der Waals surface area (Å²) in [6.07, 6.45) is 1.02. The Balaban J connectivity index is 2.44. The van der Waals surface area contributed by atoms with Crippen LogP contribution in [0.3, 0.4) is 0 Å². The zero-order valence-corrected chi connectivity index (χ0v) is 7.54. The summed E-state index contributed by atoms with van der Waals surface area (Å²) in [6.45, 7) is 2.03. The van der Waals surface area contributed by atoms with Crippen LogP contribution in [0.25, 0.3) is 0 Å². The van der Waals surface area contributed by atoms with Gasteiger partial charge in [0.15, 0.2) is 0 Å². The zero-order chi connectivity index (χ0) is 8.72. The van der Waals surface area contributed by atoms with Gasteiger partial charge in [-0.3, -0.25) is 4.68 Å². The van der Waals surface area contributed by atoms with Crippen molar-refractivity contribution in [2.24, 2.45) is 7.05 Å². The number of hydrogen-bond donors (Lipinski definition) is 1. The molecule has 0 atom stereocenters. The average molecular weight is 166 g/mol. The molecule has 0 saturated carbocycles. The first kappa shape index (κ1) is 7.61. The maximum Gasteiger partial charge on any atom is 0.126 e. The topological polar surface area (TPSA) is 47.1 Å². The zero-order valence-electron chi connectivity index (χ0n) is 7.54. The van der Waals surface area contributed by atoms with Crippen LogP contribution in [-0.2, 0) is 20.0 Å². The number of likely N-dealkylation sites (N-methyl/N-ethyl adjacent to an activating group) is 1. The smallest absolute Gasteiger partial charge is 0.126 e. The molecule has 12 heavy (non-hydrogen) atoms. The van der Waals surface area contributed by atoms with E-state index in [1.54, 1.807) is 4.68 Å². The molecule has 2 N–H and O–H groups in total. The average Bonchev–Trinajstić information content (AvgIpc) is 2.31. The summed E-state index contributed by atoms with van der Waals surface area (Å²) in [7, 11) is 4.00. The number of anilines is 1. The van der Waals surface area contributed by atoms with Crippen LogP contribution in [0.15, 0.2) is 0 Å². The van der Waals surface area contributed by atoms with Gasteiger partial charge in [-0.15, -0.1) is 0 Å². The monoisotopic (exact) mass is 166 g/mol. The van der Waals surface area contributed by atoms with E-state index in [4.69, 9.17) is 5.73 Å². The first-order valence-electron chi connectivity index (χ1n) is 4.17. The standard InChI is InChI=1S/C8H14N4/c1-11-4-3-7-6(5-11)8(9)12(2)10-7/h3-5,9H2,1-2H3. The van der Waals surface area contributed by atoms with Crippen molar-refractivity contribution in [2.45, 2.75) is 13.0 Å². The minimum Gasteiger partial charge on any atom is -0.384 e. The summed E-state index contributed by atoms with van der Waals surface area (Å²) in [4.78, 5) is 2.26. The third-order valence-corrected chi connectivity index (χ3v) is 2.44. The third-order valence-electron chi connectivity index (χ3n) is 2.44. The second-order valence-corrected chi connectivity index (χ2v) is 3.42. The predicted molar refractivity (Wildman–Crippen MR) is 47.7 cm³/mol. The Hall–Kier alpha value is -1.03. The van der Waals surface area contributed by atoms with Crippen LogP contribution in [0.1, 0.15) is 11.3 Å². The van der Waals surface area contributed by atoms with E-state index in [-0.39, 0.29) is 0 Å². The van der Waals surface area contributed by atoms with Gasteiger partial charge in [-0.25, -0.2) is 0 Å². The summed E-state index contributed by atoms with van der Waals surface area (Å²) in [5.74, 6) is 0.816. The lowest BCUT2D eigenvalue weighted by molar-refractivity contribution is 0.312. The van der Waals surface area contributed by atoms with E-state index in [1.165, 1.54) is 11.3 Å². The molecule has 0 saturated heterocycles. The minimum absolute atomic E-state index is 0.816. The Kier molecular flexibility index (Phi) is 1.58. The van der Waals surface area contributed by atoms with Crippen molar-refractivity contribution in [1.29, 1.82) is 0 Å². The minimum atomic E-state index is 0.816. The van der Waals surface area contributed by atoms with Crippen molar-refractivity contribution in [3.8, 4) is 0 Å².